The maximum absolute atomic E-state index is 12.7. The molecule has 0 radical (unpaired) electrons. The number of aromatic nitrogens is 3. The van der Waals surface area contributed by atoms with Crippen molar-refractivity contribution in [1.82, 2.24) is 15.0 Å². The third-order valence-electron chi connectivity index (χ3n) is 4.31. The van der Waals surface area contributed by atoms with E-state index in [-0.39, 0.29) is 5.91 Å². The number of methoxy groups -OCH3 is 1. The maximum atomic E-state index is 12.7. The Morgan fingerprint density at radius 1 is 1.14 bits per heavy atom. The molecule has 0 atom stereocenters. The number of amides is 1. The zero-order valence-corrected chi connectivity index (χ0v) is 16.2. The number of rotatable bonds is 7. The van der Waals surface area contributed by atoms with Gasteiger partial charge in [0, 0.05) is 32.2 Å². The lowest BCUT2D eigenvalue weighted by atomic mass is 10.2. The predicted molar refractivity (Wildman–Crippen MR) is 109 cm³/mol. The first-order chi connectivity index (χ1) is 13.6. The van der Waals surface area contributed by atoms with E-state index in [0.717, 1.165) is 18.5 Å². The summed E-state index contributed by atoms with van der Waals surface area (Å²) in [5, 5.41) is 2.86. The summed E-state index contributed by atoms with van der Waals surface area (Å²) in [6, 6.07) is 11.2. The lowest BCUT2D eigenvalue weighted by Gasteiger charge is -2.17. The number of benzene rings is 1. The van der Waals surface area contributed by atoms with Crippen LogP contribution in [0, 0.1) is 6.92 Å². The number of hydrogen-bond donors (Lipinski definition) is 1. The van der Waals surface area contributed by atoms with Crippen LogP contribution in [0.3, 0.4) is 0 Å². The molecular formula is C21H23N5O2. The van der Waals surface area contributed by atoms with Gasteiger partial charge in [0.05, 0.1) is 12.8 Å². The van der Waals surface area contributed by atoms with Crippen molar-refractivity contribution in [2.45, 2.75) is 13.3 Å². The van der Waals surface area contributed by atoms with Crippen molar-refractivity contribution in [2.75, 3.05) is 30.9 Å². The van der Waals surface area contributed by atoms with E-state index in [4.69, 9.17) is 4.74 Å². The predicted octanol–water partition coefficient (Wildman–Crippen LogP) is 3.12. The summed E-state index contributed by atoms with van der Waals surface area (Å²) in [4.78, 5) is 27.3. The zero-order valence-electron chi connectivity index (χ0n) is 16.2. The van der Waals surface area contributed by atoms with E-state index >= 15 is 0 Å². The topological polar surface area (TPSA) is 80.2 Å². The van der Waals surface area contributed by atoms with Gasteiger partial charge < -0.3 is 15.0 Å². The number of likely N-dealkylation sites (N-methyl/N-ethyl adjacent to an activating group) is 1. The molecule has 28 heavy (non-hydrogen) atoms. The van der Waals surface area contributed by atoms with Crippen molar-refractivity contribution in [2.24, 2.45) is 0 Å². The molecule has 2 aromatic heterocycles. The van der Waals surface area contributed by atoms with Crippen LogP contribution in [0.15, 0.2) is 55.0 Å². The number of hydrogen-bond acceptors (Lipinski definition) is 6. The van der Waals surface area contributed by atoms with Crippen molar-refractivity contribution in [3.05, 3.63) is 71.8 Å². The Morgan fingerprint density at radius 3 is 2.68 bits per heavy atom. The molecule has 1 N–H and O–H groups in total. The van der Waals surface area contributed by atoms with Gasteiger partial charge >= 0.3 is 0 Å². The highest BCUT2D eigenvalue weighted by Gasteiger charge is 2.14. The Labute approximate surface area is 164 Å². The summed E-state index contributed by atoms with van der Waals surface area (Å²) in [6.45, 7) is 2.68. The Kier molecular flexibility index (Phi) is 6.16. The number of aryl methyl sites for hydroxylation is 1. The molecule has 0 aliphatic carbocycles. The van der Waals surface area contributed by atoms with Crippen LogP contribution < -0.4 is 15.0 Å². The number of anilines is 2. The van der Waals surface area contributed by atoms with Crippen molar-refractivity contribution < 1.29 is 9.53 Å². The lowest BCUT2D eigenvalue weighted by molar-refractivity contribution is 0.102. The molecule has 0 saturated heterocycles. The average Bonchev–Trinajstić information content (AvgIpc) is 2.73. The molecular weight excluding hydrogens is 354 g/mol. The Morgan fingerprint density at radius 2 is 1.93 bits per heavy atom. The largest absolute Gasteiger partial charge is 0.495 e. The van der Waals surface area contributed by atoms with Crippen LogP contribution in [0.4, 0.5) is 11.6 Å². The van der Waals surface area contributed by atoms with Gasteiger partial charge in [-0.15, -0.1) is 0 Å². The number of ether oxygens (including phenoxy) is 1. The quantitative estimate of drug-likeness (QED) is 0.681. The third-order valence-corrected chi connectivity index (χ3v) is 4.31. The van der Waals surface area contributed by atoms with E-state index in [0.29, 0.717) is 23.1 Å². The molecule has 3 aromatic rings. The highest BCUT2D eigenvalue weighted by Crippen LogP contribution is 2.25. The van der Waals surface area contributed by atoms with Gasteiger partial charge in [0.2, 0.25) is 5.95 Å². The second-order valence-electron chi connectivity index (χ2n) is 6.43. The SMILES string of the molecule is COc1ccc(C)cc1NC(=O)c1ccnc(N(C)CCc2ccncc2)n1. The van der Waals surface area contributed by atoms with Crippen molar-refractivity contribution in [3.63, 3.8) is 0 Å². The molecule has 1 amide bonds. The molecule has 7 nitrogen and oxygen atoms in total. The van der Waals surface area contributed by atoms with Crippen LogP contribution in [-0.2, 0) is 6.42 Å². The molecule has 0 saturated carbocycles. The first-order valence-corrected chi connectivity index (χ1v) is 8.96. The summed E-state index contributed by atoms with van der Waals surface area (Å²) >= 11 is 0. The molecule has 0 spiro atoms. The fraction of sp³-hybridized carbons (Fsp3) is 0.238. The van der Waals surface area contributed by atoms with Gasteiger partial charge in [0.1, 0.15) is 11.4 Å². The van der Waals surface area contributed by atoms with E-state index in [2.05, 4.69) is 20.3 Å². The van der Waals surface area contributed by atoms with Gasteiger partial charge in [-0.3, -0.25) is 9.78 Å². The van der Waals surface area contributed by atoms with E-state index in [9.17, 15) is 4.79 Å². The molecule has 0 aliphatic rings. The fourth-order valence-corrected chi connectivity index (χ4v) is 2.71. The molecule has 3 rings (SSSR count). The lowest BCUT2D eigenvalue weighted by Crippen LogP contribution is -2.24. The highest BCUT2D eigenvalue weighted by molar-refractivity contribution is 6.03. The second kappa shape index (κ2) is 8.94. The van der Waals surface area contributed by atoms with Gasteiger partial charge in [0.25, 0.3) is 5.91 Å². The van der Waals surface area contributed by atoms with E-state index < -0.39 is 0 Å². The van der Waals surface area contributed by atoms with Crippen LogP contribution in [-0.4, -0.2) is 41.6 Å². The normalized spacial score (nSPS) is 10.4. The summed E-state index contributed by atoms with van der Waals surface area (Å²) in [5.74, 6) is 0.788. The minimum Gasteiger partial charge on any atom is -0.495 e. The maximum Gasteiger partial charge on any atom is 0.274 e. The molecule has 1 aromatic carbocycles. The smallest absolute Gasteiger partial charge is 0.274 e. The number of nitrogens with zero attached hydrogens (tertiary/aromatic N) is 4. The number of carbonyl (C=O) groups is 1. The Hall–Kier alpha value is -3.48. The van der Waals surface area contributed by atoms with Gasteiger partial charge in [-0.2, -0.15) is 0 Å². The molecule has 0 aliphatic heterocycles. The van der Waals surface area contributed by atoms with Gasteiger partial charge in [-0.25, -0.2) is 9.97 Å². The molecule has 2 heterocycles. The van der Waals surface area contributed by atoms with Gasteiger partial charge in [-0.05, 0) is 54.8 Å². The summed E-state index contributed by atoms with van der Waals surface area (Å²) in [6.07, 6.45) is 5.97. The number of nitrogens with one attached hydrogen (secondary N) is 1. The van der Waals surface area contributed by atoms with E-state index in [1.807, 2.05) is 49.2 Å². The van der Waals surface area contributed by atoms with E-state index in [1.165, 1.54) is 5.56 Å². The van der Waals surface area contributed by atoms with Crippen LogP contribution in [0.5, 0.6) is 5.75 Å². The van der Waals surface area contributed by atoms with Gasteiger partial charge in [0.15, 0.2) is 0 Å². The minimum absolute atomic E-state index is 0.296. The highest BCUT2D eigenvalue weighted by atomic mass is 16.5. The fourth-order valence-electron chi connectivity index (χ4n) is 2.71. The standard InChI is InChI=1S/C21H23N5O2/c1-15-4-5-19(28-3)18(14-15)24-20(27)17-8-12-23-21(25-17)26(2)13-9-16-6-10-22-11-7-16/h4-8,10-12,14H,9,13H2,1-3H3,(H,24,27). The van der Waals surface area contributed by atoms with Crippen molar-refractivity contribution in [3.8, 4) is 5.75 Å². The van der Waals surface area contributed by atoms with Crippen molar-refractivity contribution >= 4 is 17.5 Å². The summed E-state index contributed by atoms with van der Waals surface area (Å²) in [5.41, 5.74) is 3.11. The van der Waals surface area contributed by atoms with Crippen LogP contribution in [0.25, 0.3) is 0 Å². The third kappa shape index (κ3) is 4.82. The first-order valence-electron chi connectivity index (χ1n) is 8.96. The van der Waals surface area contributed by atoms with E-state index in [1.54, 1.807) is 31.8 Å². The summed E-state index contributed by atoms with van der Waals surface area (Å²) < 4.78 is 5.31. The Bertz CT molecular complexity index is 947. The zero-order chi connectivity index (χ0) is 19.9. The van der Waals surface area contributed by atoms with Crippen LogP contribution >= 0.6 is 0 Å². The first kappa shape index (κ1) is 19.3. The molecule has 7 heteroatoms. The number of carbonyl (C=O) groups excluding carboxylic acids is 1. The van der Waals surface area contributed by atoms with Gasteiger partial charge in [-0.1, -0.05) is 6.07 Å². The number of pyridine rings is 1. The Balaban J connectivity index is 1.70. The van der Waals surface area contributed by atoms with Crippen LogP contribution in [0.1, 0.15) is 21.6 Å². The monoisotopic (exact) mass is 377 g/mol. The molecule has 0 fully saturated rings. The summed E-state index contributed by atoms with van der Waals surface area (Å²) in [7, 11) is 3.47. The van der Waals surface area contributed by atoms with Crippen molar-refractivity contribution in [1.29, 1.82) is 0 Å². The van der Waals surface area contributed by atoms with Crippen LogP contribution in [0.2, 0.25) is 0 Å². The molecule has 144 valence electrons. The molecule has 0 unspecified atom stereocenters. The molecule has 0 bridgehead atoms. The average molecular weight is 377 g/mol. The minimum atomic E-state index is -0.310. The second-order valence-corrected chi connectivity index (χ2v) is 6.43.